The van der Waals surface area contributed by atoms with E-state index < -0.39 is 0 Å². The Morgan fingerprint density at radius 3 is 2.77 bits per heavy atom. The lowest BCUT2D eigenvalue weighted by Crippen LogP contribution is -2.24. The molecule has 6 heteroatoms. The quantitative estimate of drug-likeness (QED) is 0.337. The van der Waals surface area contributed by atoms with Crippen LogP contribution in [0.15, 0.2) is 70.2 Å². The summed E-state index contributed by atoms with van der Waals surface area (Å²) in [4.78, 5) is 11.8. The number of benzene rings is 2. The normalized spacial score (nSPS) is 10.8. The highest BCUT2D eigenvalue weighted by molar-refractivity contribution is 14.1. The van der Waals surface area contributed by atoms with Crippen LogP contribution in [0.5, 0.6) is 5.75 Å². The number of furan rings is 1. The van der Waals surface area contributed by atoms with Gasteiger partial charge in [-0.15, -0.1) is 0 Å². The van der Waals surface area contributed by atoms with Crippen molar-refractivity contribution in [2.24, 2.45) is 5.10 Å². The molecule has 5 nitrogen and oxygen atoms in total. The summed E-state index contributed by atoms with van der Waals surface area (Å²) in [6.45, 7) is 1.86. The monoisotopic (exact) mass is 460 g/mol. The topological polar surface area (TPSA) is 63.8 Å². The first-order valence-corrected chi connectivity index (χ1v) is 9.05. The van der Waals surface area contributed by atoms with E-state index in [9.17, 15) is 4.79 Å². The molecular weight excluding hydrogens is 443 g/mol. The Balaban J connectivity index is 1.50. The Hall–Kier alpha value is -2.61. The van der Waals surface area contributed by atoms with Crippen molar-refractivity contribution in [3.05, 3.63) is 75.6 Å². The average molecular weight is 460 g/mol. The van der Waals surface area contributed by atoms with Crippen LogP contribution in [0.25, 0.3) is 11.3 Å². The van der Waals surface area contributed by atoms with Gasteiger partial charge in [0.15, 0.2) is 6.61 Å². The van der Waals surface area contributed by atoms with Crippen molar-refractivity contribution in [1.82, 2.24) is 5.43 Å². The van der Waals surface area contributed by atoms with Gasteiger partial charge in [-0.25, -0.2) is 5.43 Å². The average Bonchev–Trinajstić information content (AvgIpc) is 3.09. The summed E-state index contributed by atoms with van der Waals surface area (Å²) in [5.74, 6) is 1.61. The number of ether oxygens (including phenoxy) is 1. The van der Waals surface area contributed by atoms with Gasteiger partial charge in [-0.2, -0.15) is 5.10 Å². The number of carbonyl (C=O) groups excluding carboxylic acids is 1. The van der Waals surface area contributed by atoms with Crippen molar-refractivity contribution < 1.29 is 13.9 Å². The van der Waals surface area contributed by atoms with Gasteiger partial charge in [0.25, 0.3) is 5.91 Å². The third-order valence-corrected chi connectivity index (χ3v) is 4.22. The van der Waals surface area contributed by atoms with E-state index in [1.807, 2.05) is 55.5 Å². The van der Waals surface area contributed by atoms with E-state index in [4.69, 9.17) is 9.15 Å². The number of hydrazone groups is 1. The third kappa shape index (κ3) is 5.19. The summed E-state index contributed by atoms with van der Waals surface area (Å²) in [5, 5.41) is 3.89. The van der Waals surface area contributed by atoms with Gasteiger partial charge in [0.05, 0.1) is 6.21 Å². The number of carbonyl (C=O) groups is 1. The number of nitrogens with zero attached hydrogens (tertiary/aromatic N) is 1. The molecule has 0 radical (unpaired) electrons. The molecule has 1 amide bonds. The predicted molar refractivity (Wildman–Crippen MR) is 109 cm³/mol. The lowest BCUT2D eigenvalue weighted by atomic mass is 10.2. The van der Waals surface area contributed by atoms with Crippen molar-refractivity contribution in [1.29, 1.82) is 0 Å². The fourth-order valence-corrected chi connectivity index (χ4v) is 2.61. The second-order valence-corrected chi connectivity index (χ2v) is 6.85. The van der Waals surface area contributed by atoms with Crippen molar-refractivity contribution in [3.8, 4) is 17.1 Å². The predicted octanol–water partition coefficient (Wildman–Crippen LogP) is 4.39. The van der Waals surface area contributed by atoms with Gasteiger partial charge >= 0.3 is 0 Å². The van der Waals surface area contributed by atoms with Crippen molar-refractivity contribution in [2.75, 3.05) is 6.61 Å². The highest BCUT2D eigenvalue weighted by Gasteiger charge is 2.04. The fourth-order valence-electron chi connectivity index (χ4n) is 2.25. The zero-order valence-corrected chi connectivity index (χ0v) is 16.3. The van der Waals surface area contributed by atoms with Crippen molar-refractivity contribution >= 4 is 34.7 Å². The Labute approximate surface area is 165 Å². The van der Waals surface area contributed by atoms with Gasteiger partial charge in [0.2, 0.25) is 0 Å². The summed E-state index contributed by atoms with van der Waals surface area (Å²) < 4.78 is 12.3. The van der Waals surface area contributed by atoms with Crippen LogP contribution < -0.4 is 10.2 Å². The van der Waals surface area contributed by atoms with Gasteiger partial charge in [0.1, 0.15) is 17.3 Å². The molecule has 1 N–H and O–H groups in total. The van der Waals surface area contributed by atoms with E-state index in [0.29, 0.717) is 11.5 Å². The highest BCUT2D eigenvalue weighted by atomic mass is 127. The zero-order chi connectivity index (χ0) is 18.4. The molecule has 0 aliphatic heterocycles. The van der Waals surface area contributed by atoms with Crippen LogP contribution in [0, 0.1) is 10.5 Å². The maximum absolute atomic E-state index is 11.8. The first-order chi connectivity index (χ1) is 12.6. The molecule has 0 saturated carbocycles. The Kier molecular flexibility index (Phi) is 6.06. The maximum atomic E-state index is 11.8. The molecule has 0 unspecified atom stereocenters. The molecule has 3 aromatic rings. The number of rotatable bonds is 6. The number of aryl methyl sites for hydroxylation is 1. The van der Waals surface area contributed by atoms with Crippen molar-refractivity contribution in [2.45, 2.75) is 6.92 Å². The second kappa shape index (κ2) is 8.66. The standard InChI is InChI=1S/C20H17IN2O3/c1-14-3-2-4-17(11-14)25-13-20(24)23-22-12-18-9-10-19(26-18)15-5-7-16(21)8-6-15/h2-12H,13H2,1H3,(H,23,24)/b22-12+. The number of halogens is 1. The van der Waals surface area contributed by atoms with E-state index in [-0.39, 0.29) is 12.5 Å². The molecular formula is C20H17IN2O3. The molecule has 0 atom stereocenters. The molecule has 2 aromatic carbocycles. The number of nitrogens with one attached hydrogen (secondary N) is 1. The minimum absolute atomic E-state index is 0.104. The summed E-state index contributed by atoms with van der Waals surface area (Å²) in [6.07, 6.45) is 1.46. The van der Waals surface area contributed by atoms with Gasteiger partial charge < -0.3 is 9.15 Å². The molecule has 0 aliphatic carbocycles. The van der Waals surface area contributed by atoms with Gasteiger partial charge in [-0.05, 0) is 71.5 Å². The molecule has 0 aliphatic rings. The summed E-state index contributed by atoms with van der Waals surface area (Å²) in [7, 11) is 0. The van der Waals surface area contributed by atoms with Crippen LogP contribution in [0.3, 0.4) is 0 Å². The SMILES string of the molecule is Cc1cccc(OCC(=O)N/N=C/c2ccc(-c3ccc(I)cc3)o2)c1. The minimum Gasteiger partial charge on any atom is -0.484 e. The zero-order valence-electron chi connectivity index (χ0n) is 14.1. The summed E-state index contributed by atoms with van der Waals surface area (Å²) in [5.41, 5.74) is 4.48. The summed E-state index contributed by atoms with van der Waals surface area (Å²) in [6, 6.07) is 19.2. The van der Waals surface area contributed by atoms with Gasteiger partial charge in [-0.3, -0.25) is 4.79 Å². The molecule has 26 heavy (non-hydrogen) atoms. The smallest absolute Gasteiger partial charge is 0.277 e. The van der Waals surface area contributed by atoms with E-state index in [1.54, 1.807) is 12.1 Å². The first-order valence-electron chi connectivity index (χ1n) is 7.97. The highest BCUT2D eigenvalue weighted by Crippen LogP contribution is 2.22. The van der Waals surface area contributed by atoms with Crippen LogP contribution in [0.4, 0.5) is 0 Å². The van der Waals surface area contributed by atoms with Crippen LogP contribution in [0.2, 0.25) is 0 Å². The molecule has 0 saturated heterocycles. The molecule has 1 aromatic heterocycles. The molecule has 0 spiro atoms. The molecule has 132 valence electrons. The first kappa shape index (κ1) is 18.2. The molecule has 0 fully saturated rings. The molecule has 0 bridgehead atoms. The lowest BCUT2D eigenvalue weighted by molar-refractivity contribution is -0.123. The minimum atomic E-state index is -0.341. The Morgan fingerprint density at radius 1 is 1.19 bits per heavy atom. The number of hydrogen-bond donors (Lipinski definition) is 1. The van der Waals surface area contributed by atoms with E-state index >= 15 is 0 Å². The van der Waals surface area contributed by atoms with Crippen LogP contribution in [-0.2, 0) is 4.79 Å². The number of hydrogen-bond acceptors (Lipinski definition) is 4. The largest absolute Gasteiger partial charge is 0.484 e. The Morgan fingerprint density at radius 2 is 2.00 bits per heavy atom. The maximum Gasteiger partial charge on any atom is 0.277 e. The molecule has 1 heterocycles. The van der Waals surface area contributed by atoms with E-state index in [0.717, 1.165) is 20.5 Å². The summed E-state index contributed by atoms with van der Waals surface area (Å²) >= 11 is 2.26. The fraction of sp³-hybridized carbons (Fsp3) is 0.100. The lowest BCUT2D eigenvalue weighted by Gasteiger charge is -2.05. The van der Waals surface area contributed by atoms with Crippen molar-refractivity contribution in [3.63, 3.8) is 0 Å². The Bertz CT molecular complexity index is 917. The van der Waals surface area contributed by atoms with E-state index in [2.05, 4.69) is 33.1 Å². The molecule has 3 rings (SSSR count). The number of amides is 1. The van der Waals surface area contributed by atoms with Gasteiger partial charge in [0, 0.05) is 9.13 Å². The van der Waals surface area contributed by atoms with E-state index in [1.165, 1.54) is 6.21 Å². The van der Waals surface area contributed by atoms with Crippen LogP contribution in [0.1, 0.15) is 11.3 Å². The third-order valence-electron chi connectivity index (χ3n) is 3.50. The second-order valence-electron chi connectivity index (χ2n) is 5.61. The van der Waals surface area contributed by atoms with Crippen LogP contribution in [-0.4, -0.2) is 18.7 Å². The van der Waals surface area contributed by atoms with Gasteiger partial charge in [-0.1, -0.05) is 24.3 Å². The van der Waals surface area contributed by atoms with Crippen LogP contribution >= 0.6 is 22.6 Å².